The Morgan fingerprint density at radius 3 is 2.71 bits per heavy atom. The number of hydrogen-bond acceptors (Lipinski definition) is 4. The highest BCUT2D eigenvalue weighted by molar-refractivity contribution is 5.79. The Morgan fingerprint density at radius 2 is 1.96 bits per heavy atom. The molecular weight excluding hydrogens is 352 g/mol. The molecule has 1 aliphatic rings. The summed E-state index contributed by atoms with van der Waals surface area (Å²) in [6, 6.07) is 14.1. The predicted molar refractivity (Wildman–Crippen MR) is 111 cm³/mol. The van der Waals surface area contributed by atoms with Gasteiger partial charge in [-0.3, -0.25) is 9.69 Å². The molecule has 1 aliphatic heterocycles. The van der Waals surface area contributed by atoms with Crippen LogP contribution in [0.1, 0.15) is 30.5 Å². The van der Waals surface area contributed by atoms with Gasteiger partial charge in [0.2, 0.25) is 5.91 Å². The average molecular weight is 383 g/mol. The lowest BCUT2D eigenvalue weighted by Crippen LogP contribution is -2.33. The normalized spacial score (nSPS) is 13.6. The molecule has 150 valence electrons. The Balaban J connectivity index is 1.72. The van der Waals surface area contributed by atoms with Crippen LogP contribution in [0.5, 0.6) is 11.5 Å². The van der Waals surface area contributed by atoms with Crippen molar-refractivity contribution in [3.63, 3.8) is 0 Å². The standard InChI is InChI=1S/C23H30N2O3/c1-4-24(5-2)16-19-9-10-22-20(13-19)17-25(11-12-28-22)23(26)15-18-7-6-8-21(14-18)27-3/h6-10,13-14H,4-5,11-12,15-17H2,1-3H3. The molecule has 0 spiro atoms. The number of carbonyl (C=O) groups excluding carboxylic acids is 1. The Hall–Kier alpha value is -2.53. The van der Waals surface area contributed by atoms with Crippen molar-refractivity contribution in [2.24, 2.45) is 0 Å². The van der Waals surface area contributed by atoms with E-state index in [-0.39, 0.29) is 5.91 Å². The number of rotatable bonds is 7. The molecule has 0 aliphatic carbocycles. The molecule has 0 bridgehead atoms. The first kappa shape index (κ1) is 20.2. The fraction of sp³-hybridized carbons (Fsp3) is 0.435. The van der Waals surface area contributed by atoms with Crippen molar-refractivity contribution >= 4 is 5.91 Å². The van der Waals surface area contributed by atoms with Crippen molar-refractivity contribution < 1.29 is 14.3 Å². The summed E-state index contributed by atoms with van der Waals surface area (Å²) < 4.78 is 11.2. The highest BCUT2D eigenvalue weighted by Gasteiger charge is 2.20. The van der Waals surface area contributed by atoms with E-state index in [1.165, 1.54) is 5.56 Å². The summed E-state index contributed by atoms with van der Waals surface area (Å²) in [5.41, 5.74) is 3.30. The molecule has 1 heterocycles. The third-order valence-corrected chi connectivity index (χ3v) is 5.25. The minimum Gasteiger partial charge on any atom is -0.497 e. The smallest absolute Gasteiger partial charge is 0.227 e. The van der Waals surface area contributed by atoms with Gasteiger partial charge < -0.3 is 14.4 Å². The number of ether oxygens (including phenoxy) is 2. The lowest BCUT2D eigenvalue weighted by atomic mass is 10.1. The first-order valence-electron chi connectivity index (χ1n) is 10.0. The van der Waals surface area contributed by atoms with Crippen molar-refractivity contribution in [3.05, 3.63) is 59.2 Å². The maximum atomic E-state index is 12.9. The van der Waals surface area contributed by atoms with Crippen LogP contribution in [0.4, 0.5) is 0 Å². The van der Waals surface area contributed by atoms with E-state index in [0.29, 0.717) is 26.1 Å². The molecule has 0 saturated heterocycles. The largest absolute Gasteiger partial charge is 0.497 e. The zero-order valence-electron chi connectivity index (χ0n) is 17.1. The topological polar surface area (TPSA) is 42.0 Å². The number of amides is 1. The summed E-state index contributed by atoms with van der Waals surface area (Å²) in [5.74, 6) is 1.77. The van der Waals surface area contributed by atoms with E-state index in [2.05, 4.69) is 30.9 Å². The van der Waals surface area contributed by atoms with Crippen molar-refractivity contribution in [2.45, 2.75) is 33.4 Å². The van der Waals surface area contributed by atoms with E-state index in [4.69, 9.17) is 9.47 Å². The van der Waals surface area contributed by atoms with Gasteiger partial charge in [-0.15, -0.1) is 0 Å². The Labute approximate surface area is 167 Å². The van der Waals surface area contributed by atoms with Gasteiger partial charge in [0, 0.05) is 18.7 Å². The summed E-state index contributed by atoms with van der Waals surface area (Å²) in [6.45, 7) is 9.02. The van der Waals surface area contributed by atoms with Crippen molar-refractivity contribution in [1.82, 2.24) is 9.80 Å². The van der Waals surface area contributed by atoms with Crippen molar-refractivity contribution in [3.8, 4) is 11.5 Å². The van der Waals surface area contributed by atoms with Gasteiger partial charge in [-0.25, -0.2) is 0 Å². The monoisotopic (exact) mass is 382 g/mol. The van der Waals surface area contributed by atoms with Gasteiger partial charge in [0.15, 0.2) is 0 Å². The SMILES string of the molecule is CCN(CC)Cc1ccc2c(c1)CN(C(=O)Cc1cccc(OC)c1)CCO2. The van der Waals surface area contributed by atoms with Crippen molar-refractivity contribution in [2.75, 3.05) is 33.4 Å². The van der Waals surface area contributed by atoms with E-state index >= 15 is 0 Å². The summed E-state index contributed by atoms with van der Waals surface area (Å²) in [5, 5.41) is 0. The molecule has 0 radical (unpaired) electrons. The Kier molecular flexibility index (Phi) is 6.93. The Morgan fingerprint density at radius 1 is 1.14 bits per heavy atom. The summed E-state index contributed by atoms with van der Waals surface area (Å²) >= 11 is 0. The summed E-state index contributed by atoms with van der Waals surface area (Å²) in [6.07, 6.45) is 0.367. The third-order valence-electron chi connectivity index (χ3n) is 5.25. The minimum absolute atomic E-state index is 0.110. The van der Waals surface area contributed by atoms with Crippen LogP contribution >= 0.6 is 0 Å². The second-order valence-corrected chi connectivity index (χ2v) is 7.10. The van der Waals surface area contributed by atoms with E-state index in [0.717, 1.165) is 42.3 Å². The molecule has 5 nitrogen and oxygen atoms in total. The van der Waals surface area contributed by atoms with E-state index < -0.39 is 0 Å². The number of fused-ring (bicyclic) bond motifs is 1. The van der Waals surface area contributed by atoms with Gasteiger partial charge >= 0.3 is 0 Å². The van der Waals surface area contributed by atoms with Gasteiger partial charge in [-0.1, -0.05) is 32.0 Å². The maximum Gasteiger partial charge on any atom is 0.227 e. The molecule has 0 aromatic heterocycles. The van der Waals surface area contributed by atoms with Gasteiger partial charge in [0.25, 0.3) is 0 Å². The van der Waals surface area contributed by atoms with Crippen LogP contribution in [0.3, 0.4) is 0 Å². The lowest BCUT2D eigenvalue weighted by molar-refractivity contribution is -0.131. The molecule has 0 unspecified atom stereocenters. The van der Waals surface area contributed by atoms with E-state index in [9.17, 15) is 4.79 Å². The van der Waals surface area contributed by atoms with Crippen LogP contribution in [0.15, 0.2) is 42.5 Å². The maximum absolute atomic E-state index is 12.9. The molecule has 0 atom stereocenters. The second-order valence-electron chi connectivity index (χ2n) is 7.10. The molecular formula is C23H30N2O3. The Bertz CT molecular complexity index is 802. The number of carbonyl (C=O) groups is 1. The van der Waals surface area contributed by atoms with Gasteiger partial charge in [-0.2, -0.15) is 0 Å². The van der Waals surface area contributed by atoms with E-state index in [1.54, 1.807) is 7.11 Å². The quantitative estimate of drug-likeness (QED) is 0.735. The van der Waals surface area contributed by atoms with Crippen LogP contribution in [0, 0.1) is 0 Å². The second kappa shape index (κ2) is 9.60. The minimum atomic E-state index is 0.110. The molecule has 0 saturated carbocycles. The zero-order valence-corrected chi connectivity index (χ0v) is 17.1. The van der Waals surface area contributed by atoms with Crippen molar-refractivity contribution in [1.29, 1.82) is 0 Å². The average Bonchev–Trinajstić information content (AvgIpc) is 2.94. The van der Waals surface area contributed by atoms with Gasteiger partial charge in [-0.05, 0) is 48.5 Å². The summed E-state index contributed by atoms with van der Waals surface area (Å²) in [4.78, 5) is 17.2. The lowest BCUT2D eigenvalue weighted by Gasteiger charge is -2.21. The number of hydrogen-bond donors (Lipinski definition) is 0. The molecule has 0 fully saturated rings. The fourth-order valence-corrected chi connectivity index (χ4v) is 3.53. The number of nitrogens with zero attached hydrogens (tertiary/aromatic N) is 2. The molecule has 0 N–H and O–H groups in total. The van der Waals surface area contributed by atoms with Crippen LogP contribution in [-0.4, -0.2) is 49.1 Å². The summed E-state index contributed by atoms with van der Waals surface area (Å²) in [7, 11) is 1.64. The molecule has 3 rings (SSSR count). The third kappa shape index (κ3) is 5.04. The molecule has 1 amide bonds. The molecule has 2 aromatic rings. The zero-order chi connectivity index (χ0) is 19.9. The molecule has 28 heavy (non-hydrogen) atoms. The van der Waals surface area contributed by atoms with Crippen LogP contribution in [0.2, 0.25) is 0 Å². The van der Waals surface area contributed by atoms with Gasteiger partial charge in [0.05, 0.1) is 20.1 Å². The van der Waals surface area contributed by atoms with E-state index in [1.807, 2.05) is 35.2 Å². The highest BCUT2D eigenvalue weighted by Crippen LogP contribution is 2.25. The molecule has 2 aromatic carbocycles. The first-order chi connectivity index (χ1) is 13.6. The van der Waals surface area contributed by atoms with Crippen LogP contribution < -0.4 is 9.47 Å². The number of benzene rings is 2. The highest BCUT2D eigenvalue weighted by atomic mass is 16.5. The van der Waals surface area contributed by atoms with Crippen LogP contribution in [0.25, 0.3) is 0 Å². The van der Waals surface area contributed by atoms with Gasteiger partial charge in [0.1, 0.15) is 18.1 Å². The predicted octanol–water partition coefficient (Wildman–Crippen LogP) is 3.50. The number of methoxy groups -OCH3 is 1. The fourth-order valence-electron chi connectivity index (χ4n) is 3.53. The first-order valence-corrected chi connectivity index (χ1v) is 10.0. The van der Waals surface area contributed by atoms with Crippen LogP contribution in [-0.2, 0) is 24.3 Å². The molecule has 5 heteroatoms.